The monoisotopic (exact) mass is 471 g/mol. The summed E-state index contributed by atoms with van der Waals surface area (Å²) < 4.78 is 10.9. The van der Waals surface area contributed by atoms with E-state index in [1.54, 1.807) is 18.2 Å². The van der Waals surface area contributed by atoms with Gasteiger partial charge in [-0.25, -0.2) is 5.43 Å². The Labute approximate surface area is 161 Å². The number of nitro benzene ring substituents is 1. The maximum atomic E-state index is 12.1. The highest BCUT2D eigenvalue weighted by Crippen LogP contribution is 2.36. The second-order valence-electron chi connectivity index (χ2n) is 4.90. The standard InChI is InChI=1S/C16H14IN3O6/c1-25-13-7-10(3-4-11(13)17)16(22)19-18-8-9-5-12(20(23)24)15(21)14(6-9)26-2/h3-8,21H,1-2H3,(H,19,22). The largest absolute Gasteiger partial charge is 0.500 e. The molecule has 0 aliphatic rings. The molecule has 2 aromatic carbocycles. The Balaban J connectivity index is 2.19. The number of nitrogens with zero attached hydrogens (tertiary/aromatic N) is 2. The molecule has 0 aliphatic carbocycles. The van der Waals surface area contributed by atoms with Crippen LogP contribution in [0, 0.1) is 13.7 Å². The first-order valence-electron chi connectivity index (χ1n) is 7.09. The number of carbonyl (C=O) groups is 1. The lowest BCUT2D eigenvalue weighted by molar-refractivity contribution is -0.386. The van der Waals surface area contributed by atoms with Gasteiger partial charge in [0.05, 0.1) is 28.9 Å². The highest BCUT2D eigenvalue weighted by Gasteiger charge is 2.19. The van der Waals surface area contributed by atoms with Gasteiger partial charge in [-0.05, 0) is 46.9 Å². The molecule has 0 aromatic heterocycles. The van der Waals surface area contributed by atoms with Gasteiger partial charge in [-0.15, -0.1) is 0 Å². The summed E-state index contributed by atoms with van der Waals surface area (Å²) in [5.41, 5.74) is 2.40. The molecule has 2 aromatic rings. The molecule has 0 heterocycles. The van der Waals surface area contributed by atoms with Crippen molar-refractivity contribution in [3.8, 4) is 17.2 Å². The van der Waals surface area contributed by atoms with Crippen LogP contribution in [-0.2, 0) is 0 Å². The maximum absolute atomic E-state index is 12.1. The molecule has 0 saturated carbocycles. The van der Waals surface area contributed by atoms with E-state index >= 15 is 0 Å². The summed E-state index contributed by atoms with van der Waals surface area (Å²) in [5.74, 6) is -0.573. The summed E-state index contributed by atoms with van der Waals surface area (Å²) in [6, 6.07) is 7.38. The van der Waals surface area contributed by atoms with Crippen molar-refractivity contribution in [3.63, 3.8) is 0 Å². The van der Waals surface area contributed by atoms with Crippen LogP contribution in [0.1, 0.15) is 15.9 Å². The molecule has 0 atom stereocenters. The molecule has 0 radical (unpaired) electrons. The van der Waals surface area contributed by atoms with Gasteiger partial charge >= 0.3 is 5.69 Å². The Bertz CT molecular complexity index is 885. The number of carbonyl (C=O) groups excluding carboxylic acids is 1. The highest BCUT2D eigenvalue weighted by molar-refractivity contribution is 14.1. The van der Waals surface area contributed by atoms with Crippen molar-refractivity contribution < 1.29 is 24.3 Å². The minimum absolute atomic E-state index is 0.0747. The lowest BCUT2D eigenvalue weighted by Gasteiger charge is -2.06. The molecule has 0 saturated heterocycles. The zero-order valence-corrected chi connectivity index (χ0v) is 15.9. The number of methoxy groups -OCH3 is 2. The molecule has 0 fully saturated rings. The molecule has 26 heavy (non-hydrogen) atoms. The van der Waals surface area contributed by atoms with Gasteiger partial charge in [0.2, 0.25) is 5.75 Å². The molecule has 0 spiro atoms. The number of hydrazone groups is 1. The number of phenols is 1. The number of ether oxygens (including phenoxy) is 2. The van der Waals surface area contributed by atoms with Crippen LogP contribution in [0.25, 0.3) is 0 Å². The van der Waals surface area contributed by atoms with Crippen molar-refractivity contribution in [2.24, 2.45) is 5.10 Å². The molecule has 136 valence electrons. The zero-order valence-electron chi connectivity index (χ0n) is 13.7. The van der Waals surface area contributed by atoms with E-state index in [2.05, 4.69) is 33.1 Å². The Hall–Kier alpha value is -2.89. The number of benzene rings is 2. The summed E-state index contributed by atoms with van der Waals surface area (Å²) >= 11 is 2.08. The Morgan fingerprint density at radius 2 is 1.96 bits per heavy atom. The van der Waals surface area contributed by atoms with Gasteiger partial charge in [0.25, 0.3) is 5.91 Å². The van der Waals surface area contributed by atoms with Crippen LogP contribution < -0.4 is 14.9 Å². The zero-order chi connectivity index (χ0) is 19.3. The third kappa shape index (κ3) is 4.39. The van der Waals surface area contributed by atoms with E-state index in [-0.39, 0.29) is 11.3 Å². The highest BCUT2D eigenvalue weighted by atomic mass is 127. The van der Waals surface area contributed by atoms with Crippen molar-refractivity contribution in [2.75, 3.05) is 14.2 Å². The predicted molar refractivity (Wildman–Crippen MR) is 102 cm³/mol. The lowest BCUT2D eigenvalue weighted by Crippen LogP contribution is -2.17. The quantitative estimate of drug-likeness (QED) is 0.289. The van der Waals surface area contributed by atoms with Gasteiger partial charge in [0.15, 0.2) is 5.75 Å². The topological polar surface area (TPSA) is 123 Å². The second-order valence-corrected chi connectivity index (χ2v) is 6.06. The number of rotatable bonds is 6. The van der Waals surface area contributed by atoms with Crippen LogP contribution in [0.2, 0.25) is 0 Å². The second kappa shape index (κ2) is 8.47. The van der Waals surface area contributed by atoms with Crippen LogP contribution in [-0.4, -0.2) is 36.4 Å². The van der Waals surface area contributed by atoms with Crippen molar-refractivity contribution in [2.45, 2.75) is 0 Å². The number of hydrogen-bond acceptors (Lipinski definition) is 7. The molecule has 0 aliphatic heterocycles. The molecule has 1 amide bonds. The smallest absolute Gasteiger partial charge is 0.315 e. The molecular formula is C16H14IN3O6. The number of amides is 1. The number of aromatic hydroxyl groups is 1. The average Bonchev–Trinajstić information content (AvgIpc) is 2.62. The fraction of sp³-hybridized carbons (Fsp3) is 0.125. The van der Waals surface area contributed by atoms with Crippen LogP contribution in [0.5, 0.6) is 17.2 Å². The van der Waals surface area contributed by atoms with E-state index in [9.17, 15) is 20.0 Å². The number of nitrogens with one attached hydrogen (secondary N) is 1. The van der Waals surface area contributed by atoms with Crippen LogP contribution in [0.15, 0.2) is 35.4 Å². The van der Waals surface area contributed by atoms with E-state index in [0.29, 0.717) is 11.3 Å². The van der Waals surface area contributed by atoms with E-state index in [1.807, 2.05) is 0 Å². The van der Waals surface area contributed by atoms with Gasteiger partial charge in [0, 0.05) is 17.2 Å². The third-order valence-corrected chi connectivity index (χ3v) is 4.18. The van der Waals surface area contributed by atoms with Crippen LogP contribution in [0.4, 0.5) is 5.69 Å². The summed E-state index contributed by atoms with van der Waals surface area (Å²) in [4.78, 5) is 22.3. The summed E-state index contributed by atoms with van der Waals surface area (Å²) in [5, 5.41) is 24.5. The first kappa shape index (κ1) is 19.4. The number of nitro groups is 1. The van der Waals surface area contributed by atoms with Gasteiger partial charge < -0.3 is 14.6 Å². The van der Waals surface area contributed by atoms with Gasteiger partial charge in [-0.3, -0.25) is 14.9 Å². The molecular weight excluding hydrogens is 457 g/mol. The van der Waals surface area contributed by atoms with Gasteiger partial charge in [-0.1, -0.05) is 0 Å². The first-order valence-corrected chi connectivity index (χ1v) is 8.17. The normalized spacial score (nSPS) is 10.6. The van der Waals surface area contributed by atoms with E-state index in [0.717, 1.165) is 9.64 Å². The lowest BCUT2D eigenvalue weighted by atomic mass is 10.2. The Kier molecular flexibility index (Phi) is 6.33. The van der Waals surface area contributed by atoms with E-state index in [1.165, 1.54) is 26.5 Å². The molecule has 0 unspecified atom stereocenters. The summed E-state index contributed by atoms with van der Waals surface area (Å²) in [6.45, 7) is 0. The number of halogens is 1. The molecule has 9 nitrogen and oxygen atoms in total. The number of hydrogen-bond donors (Lipinski definition) is 2. The third-order valence-electron chi connectivity index (χ3n) is 3.29. The predicted octanol–water partition coefficient (Wildman–Crippen LogP) is 2.69. The molecule has 10 heteroatoms. The SMILES string of the molecule is COc1cc(C(=O)NN=Cc2cc(OC)c(O)c([N+](=O)[O-])c2)ccc1I. The summed E-state index contributed by atoms with van der Waals surface area (Å²) in [7, 11) is 2.77. The first-order chi connectivity index (χ1) is 12.4. The average molecular weight is 471 g/mol. The van der Waals surface area contributed by atoms with E-state index < -0.39 is 22.3 Å². The van der Waals surface area contributed by atoms with E-state index in [4.69, 9.17) is 9.47 Å². The Morgan fingerprint density at radius 3 is 2.58 bits per heavy atom. The van der Waals surface area contributed by atoms with Crippen molar-refractivity contribution in [3.05, 3.63) is 55.1 Å². The Morgan fingerprint density at radius 1 is 1.27 bits per heavy atom. The van der Waals surface area contributed by atoms with Crippen LogP contribution in [0.3, 0.4) is 0 Å². The van der Waals surface area contributed by atoms with Crippen LogP contribution >= 0.6 is 22.6 Å². The van der Waals surface area contributed by atoms with Crippen molar-refractivity contribution in [1.82, 2.24) is 5.43 Å². The van der Waals surface area contributed by atoms with Crippen molar-refractivity contribution >= 4 is 40.4 Å². The van der Waals surface area contributed by atoms with Gasteiger partial charge in [-0.2, -0.15) is 5.10 Å². The molecule has 2 rings (SSSR count). The minimum Gasteiger partial charge on any atom is -0.500 e. The fourth-order valence-electron chi connectivity index (χ4n) is 2.01. The van der Waals surface area contributed by atoms with Crippen molar-refractivity contribution in [1.29, 1.82) is 0 Å². The molecule has 0 bridgehead atoms. The molecule has 2 N–H and O–H groups in total. The fourth-order valence-corrected chi connectivity index (χ4v) is 2.57. The van der Waals surface area contributed by atoms with Gasteiger partial charge in [0.1, 0.15) is 5.75 Å². The maximum Gasteiger partial charge on any atom is 0.315 e. The summed E-state index contributed by atoms with van der Waals surface area (Å²) in [6.07, 6.45) is 1.21. The minimum atomic E-state index is -0.744. The number of phenolic OH excluding ortho intramolecular Hbond substituents is 1.